The number of hydrogen-bond acceptors (Lipinski definition) is 5. The van der Waals surface area contributed by atoms with Crippen molar-refractivity contribution in [2.75, 3.05) is 7.11 Å². The molecule has 0 spiro atoms. The Hall–Kier alpha value is -2.68. The Balaban J connectivity index is 2.77. The van der Waals surface area contributed by atoms with Crippen molar-refractivity contribution < 1.29 is 23.8 Å². The molecule has 1 amide bonds. The zero-order valence-corrected chi connectivity index (χ0v) is 11.9. The van der Waals surface area contributed by atoms with Crippen molar-refractivity contribution in [2.24, 2.45) is 11.5 Å². The van der Waals surface area contributed by atoms with Gasteiger partial charge in [-0.05, 0) is 6.92 Å². The zero-order chi connectivity index (χ0) is 16.6. The van der Waals surface area contributed by atoms with Crippen molar-refractivity contribution in [1.82, 2.24) is 10.2 Å². The van der Waals surface area contributed by atoms with E-state index in [0.717, 1.165) is 0 Å². The average Bonchev–Trinajstić information content (AvgIpc) is 2.85. The largest absolute Gasteiger partial charge is 0.495 e. The number of benzene rings is 1. The molecule has 22 heavy (non-hydrogen) atoms. The summed E-state index contributed by atoms with van der Waals surface area (Å²) in [6.07, 6.45) is -0.136. The monoisotopic (exact) mass is 310 g/mol. The first-order chi connectivity index (χ1) is 10.3. The van der Waals surface area contributed by atoms with Crippen LogP contribution in [-0.4, -0.2) is 40.3 Å². The SMILES string of the molecule is COc1c(C(N)=O)c(C)c(F)c2n[nH]c(CC(N)C(=O)O)c12. The van der Waals surface area contributed by atoms with Crippen LogP contribution >= 0.6 is 0 Å². The van der Waals surface area contributed by atoms with Crippen LogP contribution in [-0.2, 0) is 11.2 Å². The number of carboxylic acids is 1. The number of methoxy groups -OCH3 is 1. The van der Waals surface area contributed by atoms with Crippen molar-refractivity contribution in [1.29, 1.82) is 0 Å². The van der Waals surface area contributed by atoms with E-state index in [-0.39, 0.29) is 39.9 Å². The van der Waals surface area contributed by atoms with E-state index in [1.165, 1.54) is 14.0 Å². The molecule has 0 radical (unpaired) electrons. The highest BCUT2D eigenvalue weighted by atomic mass is 19.1. The van der Waals surface area contributed by atoms with Crippen molar-refractivity contribution >= 4 is 22.8 Å². The Labute approximate surface area is 124 Å². The summed E-state index contributed by atoms with van der Waals surface area (Å²) in [4.78, 5) is 22.5. The first kappa shape index (κ1) is 15.7. The van der Waals surface area contributed by atoms with E-state index in [4.69, 9.17) is 21.3 Å². The molecule has 0 aliphatic carbocycles. The van der Waals surface area contributed by atoms with Crippen LogP contribution in [0.3, 0.4) is 0 Å². The summed E-state index contributed by atoms with van der Waals surface area (Å²) in [5.74, 6) is -2.76. The zero-order valence-electron chi connectivity index (χ0n) is 11.9. The van der Waals surface area contributed by atoms with Gasteiger partial charge >= 0.3 is 5.97 Å². The Morgan fingerprint density at radius 3 is 2.64 bits per heavy atom. The van der Waals surface area contributed by atoms with E-state index in [0.29, 0.717) is 0 Å². The average molecular weight is 310 g/mol. The number of amides is 1. The molecule has 0 saturated heterocycles. The quantitative estimate of drug-likeness (QED) is 0.615. The second-order valence-electron chi connectivity index (χ2n) is 4.79. The molecule has 1 unspecified atom stereocenters. The first-order valence-electron chi connectivity index (χ1n) is 6.30. The number of nitrogens with two attached hydrogens (primary N) is 2. The lowest BCUT2D eigenvalue weighted by atomic mass is 9.99. The fourth-order valence-electron chi connectivity index (χ4n) is 2.32. The number of carbonyl (C=O) groups excluding carboxylic acids is 1. The van der Waals surface area contributed by atoms with Gasteiger partial charge in [-0.2, -0.15) is 5.10 Å². The summed E-state index contributed by atoms with van der Waals surface area (Å²) < 4.78 is 19.5. The van der Waals surface area contributed by atoms with Gasteiger partial charge in [0, 0.05) is 17.7 Å². The molecule has 0 aliphatic rings. The highest BCUT2D eigenvalue weighted by Crippen LogP contribution is 2.36. The topological polar surface area (TPSA) is 144 Å². The number of carboxylic acid groups (broad SMARTS) is 1. The molecule has 1 atom stereocenters. The number of aromatic nitrogens is 2. The van der Waals surface area contributed by atoms with Gasteiger partial charge in [-0.1, -0.05) is 0 Å². The summed E-state index contributed by atoms with van der Waals surface area (Å²) in [5, 5.41) is 15.4. The van der Waals surface area contributed by atoms with Crippen LogP contribution in [0.1, 0.15) is 21.6 Å². The van der Waals surface area contributed by atoms with Crippen LogP contribution in [0.25, 0.3) is 10.9 Å². The normalized spacial score (nSPS) is 12.4. The number of ether oxygens (including phenoxy) is 1. The number of aliphatic carboxylic acids is 1. The summed E-state index contributed by atoms with van der Waals surface area (Å²) in [6, 6.07) is -1.21. The summed E-state index contributed by atoms with van der Waals surface area (Å²) in [5.41, 5.74) is 10.9. The van der Waals surface area contributed by atoms with Crippen LogP contribution < -0.4 is 16.2 Å². The maximum atomic E-state index is 14.4. The molecule has 0 saturated carbocycles. The number of rotatable bonds is 5. The Bertz CT molecular complexity index is 771. The second-order valence-corrected chi connectivity index (χ2v) is 4.79. The van der Waals surface area contributed by atoms with Crippen molar-refractivity contribution in [3.8, 4) is 5.75 Å². The van der Waals surface area contributed by atoms with Gasteiger partial charge in [-0.15, -0.1) is 0 Å². The van der Waals surface area contributed by atoms with Gasteiger partial charge in [0.15, 0.2) is 5.82 Å². The number of nitrogens with zero attached hydrogens (tertiary/aromatic N) is 1. The van der Waals surface area contributed by atoms with E-state index in [1.54, 1.807) is 0 Å². The molecule has 0 fully saturated rings. The molecule has 1 aromatic heterocycles. The van der Waals surface area contributed by atoms with Crippen LogP contribution in [0.5, 0.6) is 5.75 Å². The van der Waals surface area contributed by atoms with Crippen LogP contribution in [0.2, 0.25) is 0 Å². The number of aromatic amines is 1. The van der Waals surface area contributed by atoms with Crippen LogP contribution in [0.4, 0.5) is 4.39 Å². The van der Waals surface area contributed by atoms with E-state index in [1.807, 2.05) is 0 Å². The predicted molar refractivity (Wildman–Crippen MR) is 75.2 cm³/mol. The molecule has 2 aromatic rings. The minimum absolute atomic E-state index is 0.0115. The highest BCUT2D eigenvalue weighted by molar-refractivity contribution is 6.05. The number of primary amides is 1. The Morgan fingerprint density at radius 2 is 2.14 bits per heavy atom. The van der Waals surface area contributed by atoms with Gasteiger partial charge in [0.1, 0.15) is 17.3 Å². The van der Waals surface area contributed by atoms with Crippen LogP contribution in [0, 0.1) is 12.7 Å². The smallest absolute Gasteiger partial charge is 0.320 e. The van der Waals surface area contributed by atoms with Gasteiger partial charge in [0.2, 0.25) is 0 Å². The van der Waals surface area contributed by atoms with Gasteiger partial charge < -0.3 is 21.3 Å². The third-order valence-electron chi connectivity index (χ3n) is 3.40. The molecule has 0 bridgehead atoms. The fraction of sp³-hybridized carbons (Fsp3) is 0.308. The van der Waals surface area contributed by atoms with E-state index < -0.39 is 23.7 Å². The number of H-pyrrole nitrogens is 1. The van der Waals surface area contributed by atoms with Gasteiger partial charge in [-0.3, -0.25) is 14.7 Å². The minimum atomic E-state index is -1.22. The summed E-state index contributed by atoms with van der Waals surface area (Å²) in [7, 11) is 1.30. The second kappa shape index (κ2) is 5.60. The van der Waals surface area contributed by atoms with Gasteiger partial charge in [0.25, 0.3) is 5.91 Å². The van der Waals surface area contributed by atoms with Crippen molar-refractivity contribution in [2.45, 2.75) is 19.4 Å². The molecular weight excluding hydrogens is 295 g/mol. The molecule has 8 nitrogen and oxygen atoms in total. The van der Waals surface area contributed by atoms with Crippen molar-refractivity contribution in [3.05, 3.63) is 22.6 Å². The molecule has 0 aliphatic heterocycles. The lowest BCUT2D eigenvalue weighted by Gasteiger charge is -2.13. The molecular formula is C13H15FN4O4. The highest BCUT2D eigenvalue weighted by Gasteiger charge is 2.26. The molecule has 6 N–H and O–H groups in total. The summed E-state index contributed by atoms with van der Waals surface area (Å²) >= 11 is 0. The standard InChI is InChI=1S/C13H15FN4O4/c1-4-7(12(16)19)11(22-2)8-6(3-5(15)13(20)21)17-18-10(8)9(4)14/h5H,3,15H2,1-2H3,(H2,16,19)(H,17,18)(H,20,21). The number of halogens is 1. The molecule has 1 heterocycles. The van der Waals surface area contributed by atoms with Crippen LogP contribution in [0.15, 0.2) is 0 Å². The molecule has 1 aromatic carbocycles. The third kappa shape index (κ3) is 2.35. The number of fused-ring (bicyclic) bond motifs is 1. The maximum Gasteiger partial charge on any atom is 0.320 e. The Kier molecular flexibility index (Phi) is 4.00. The van der Waals surface area contributed by atoms with E-state index in [9.17, 15) is 14.0 Å². The maximum absolute atomic E-state index is 14.4. The number of carbonyl (C=O) groups is 2. The molecule has 9 heteroatoms. The Morgan fingerprint density at radius 1 is 1.50 bits per heavy atom. The lowest BCUT2D eigenvalue weighted by molar-refractivity contribution is -0.138. The lowest BCUT2D eigenvalue weighted by Crippen LogP contribution is -2.32. The predicted octanol–water partition coefficient (Wildman–Crippen LogP) is 0.0723. The fourth-order valence-corrected chi connectivity index (χ4v) is 2.32. The van der Waals surface area contributed by atoms with Gasteiger partial charge in [0.05, 0.1) is 18.1 Å². The first-order valence-corrected chi connectivity index (χ1v) is 6.30. The summed E-state index contributed by atoms with van der Waals surface area (Å²) in [6.45, 7) is 1.38. The van der Waals surface area contributed by atoms with Crippen molar-refractivity contribution in [3.63, 3.8) is 0 Å². The number of hydrogen-bond donors (Lipinski definition) is 4. The minimum Gasteiger partial charge on any atom is -0.495 e. The third-order valence-corrected chi connectivity index (χ3v) is 3.40. The molecule has 118 valence electrons. The van der Waals surface area contributed by atoms with E-state index >= 15 is 0 Å². The number of nitrogens with one attached hydrogen (secondary N) is 1. The molecule has 2 rings (SSSR count). The van der Waals surface area contributed by atoms with Gasteiger partial charge in [-0.25, -0.2) is 4.39 Å². The van der Waals surface area contributed by atoms with E-state index in [2.05, 4.69) is 10.2 Å².